The topological polar surface area (TPSA) is 67.2 Å². The molecule has 2 aromatic rings. The molecule has 2 aromatic heterocycles. The minimum atomic E-state index is 0.0793. The number of amides is 1. The summed E-state index contributed by atoms with van der Waals surface area (Å²) in [6.45, 7) is 2.76. The van der Waals surface area contributed by atoms with Gasteiger partial charge in [0, 0.05) is 50.5 Å². The van der Waals surface area contributed by atoms with Crippen LogP contribution in [0.15, 0.2) is 30.9 Å². The Hall–Kier alpha value is -2.28. The number of aromatic nitrogens is 4. The molecule has 0 radical (unpaired) electrons. The lowest BCUT2D eigenvalue weighted by Gasteiger charge is -2.25. The standard InChI is InChI=1S/C16H20N6O/c1-20-10-12(8-19-20)11-21-6-3-15-14(21)4-7-22(15)16(23)13-2-5-17-18-9-13/h2,5,8-10,14-15H,3-4,6-7,11H2,1H3/t14-,15+/m0/s1. The lowest BCUT2D eigenvalue weighted by Crippen LogP contribution is -2.39. The number of aryl methyl sites for hydroxylation is 1. The van der Waals surface area contributed by atoms with Crippen molar-refractivity contribution >= 4 is 5.91 Å². The van der Waals surface area contributed by atoms with Crippen LogP contribution in [-0.4, -0.2) is 60.9 Å². The number of hydrogen-bond acceptors (Lipinski definition) is 5. The van der Waals surface area contributed by atoms with E-state index in [-0.39, 0.29) is 5.91 Å². The van der Waals surface area contributed by atoms with Crippen molar-refractivity contribution < 1.29 is 4.79 Å². The summed E-state index contributed by atoms with van der Waals surface area (Å²) >= 11 is 0. The number of fused-ring (bicyclic) bond motifs is 1. The minimum absolute atomic E-state index is 0.0793. The highest BCUT2D eigenvalue weighted by molar-refractivity contribution is 5.94. The van der Waals surface area contributed by atoms with Gasteiger partial charge < -0.3 is 4.90 Å². The molecule has 120 valence electrons. The third-order valence-corrected chi connectivity index (χ3v) is 4.93. The predicted molar refractivity (Wildman–Crippen MR) is 83.5 cm³/mol. The molecule has 0 aromatic carbocycles. The van der Waals surface area contributed by atoms with Crippen LogP contribution < -0.4 is 0 Å². The molecule has 7 heteroatoms. The summed E-state index contributed by atoms with van der Waals surface area (Å²) < 4.78 is 1.84. The quantitative estimate of drug-likeness (QED) is 0.834. The number of carbonyl (C=O) groups is 1. The van der Waals surface area contributed by atoms with Crippen LogP contribution in [0.3, 0.4) is 0 Å². The first-order valence-electron chi connectivity index (χ1n) is 8.01. The lowest BCUT2D eigenvalue weighted by molar-refractivity contribution is 0.0731. The fraction of sp³-hybridized carbons (Fsp3) is 0.500. The molecule has 2 fully saturated rings. The first-order valence-corrected chi connectivity index (χ1v) is 8.01. The van der Waals surface area contributed by atoms with Gasteiger partial charge in [-0.25, -0.2) is 0 Å². The van der Waals surface area contributed by atoms with E-state index in [0.29, 0.717) is 17.6 Å². The van der Waals surface area contributed by atoms with E-state index in [2.05, 4.69) is 26.4 Å². The van der Waals surface area contributed by atoms with E-state index in [0.717, 1.165) is 32.5 Å². The Labute approximate surface area is 134 Å². The van der Waals surface area contributed by atoms with Crippen LogP contribution in [0.25, 0.3) is 0 Å². The molecule has 0 aliphatic carbocycles. The van der Waals surface area contributed by atoms with Crippen LogP contribution in [0, 0.1) is 0 Å². The summed E-state index contributed by atoms with van der Waals surface area (Å²) in [6, 6.07) is 2.51. The summed E-state index contributed by atoms with van der Waals surface area (Å²) in [7, 11) is 1.94. The van der Waals surface area contributed by atoms with E-state index < -0.39 is 0 Å². The van der Waals surface area contributed by atoms with Crippen molar-refractivity contribution in [2.75, 3.05) is 13.1 Å². The Kier molecular flexibility index (Phi) is 3.57. The Morgan fingerprint density at radius 2 is 2.09 bits per heavy atom. The third kappa shape index (κ3) is 2.61. The Morgan fingerprint density at radius 1 is 1.22 bits per heavy atom. The van der Waals surface area contributed by atoms with E-state index >= 15 is 0 Å². The zero-order valence-corrected chi connectivity index (χ0v) is 13.2. The van der Waals surface area contributed by atoms with E-state index in [9.17, 15) is 4.79 Å². The van der Waals surface area contributed by atoms with Crippen LogP contribution in [-0.2, 0) is 13.6 Å². The third-order valence-electron chi connectivity index (χ3n) is 4.93. The van der Waals surface area contributed by atoms with Crippen molar-refractivity contribution in [3.63, 3.8) is 0 Å². The maximum atomic E-state index is 12.7. The molecule has 0 bridgehead atoms. The Morgan fingerprint density at radius 3 is 2.83 bits per heavy atom. The van der Waals surface area contributed by atoms with Gasteiger partial charge >= 0.3 is 0 Å². The van der Waals surface area contributed by atoms with E-state index in [1.807, 2.05) is 22.8 Å². The highest BCUT2D eigenvalue weighted by Crippen LogP contribution is 2.33. The molecule has 7 nitrogen and oxygen atoms in total. The van der Waals surface area contributed by atoms with E-state index in [1.54, 1.807) is 18.5 Å². The molecule has 2 atom stereocenters. The number of rotatable bonds is 3. The van der Waals surface area contributed by atoms with Crippen LogP contribution >= 0.6 is 0 Å². The molecule has 1 amide bonds. The Bertz CT molecular complexity index is 700. The van der Waals surface area contributed by atoms with Gasteiger partial charge in [-0.05, 0) is 18.9 Å². The minimum Gasteiger partial charge on any atom is -0.334 e. The summed E-state index contributed by atoms with van der Waals surface area (Å²) in [5, 5.41) is 11.8. The van der Waals surface area contributed by atoms with Gasteiger partial charge in [0.15, 0.2) is 0 Å². The first kappa shape index (κ1) is 14.3. The first-order chi connectivity index (χ1) is 11.2. The zero-order valence-electron chi connectivity index (χ0n) is 13.2. The van der Waals surface area contributed by atoms with Crippen molar-refractivity contribution in [1.29, 1.82) is 0 Å². The molecule has 23 heavy (non-hydrogen) atoms. The average Bonchev–Trinajstić information content (AvgIpc) is 3.26. The Balaban J connectivity index is 1.46. The summed E-state index contributed by atoms with van der Waals surface area (Å²) in [6.07, 6.45) is 9.19. The fourth-order valence-corrected chi connectivity index (χ4v) is 3.89. The van der Waals surface area contributed by atoms with Gasteiger partial charge in [-0.2, -0.15) is 15.3 Å². The number of nitrogens with zero attached hydrogens (tertiary/aromatic N) is 6. The molecule has 0 saturated carbocycles. The molecule has 0 unspecified atom stereocenters. The maximum Gasteiger partial charge on any atom is 0.255 e. The van der Waals surface area contributed by atoms with E-state index in [1.165, 1.54) is 5.56 Å². The van der Waals surface area contributed by atoms with Crippen LogP contribution in [0.2, 0.25) is 0 Å². The molecule has 2 saturated heterocycles. The van der Waals surface area contributed by atoms with Gasteiger partial charge in [0.1, 0.15) is 0 Å². The predicted octanol–water partition coefficient (Wildman–Crippen LogP) is 0.699. The van der Waals surface area contributed by atoms with Gasteiger partial charge in [0.2, 0.25) is 0 Å². The van der Waals surface area contributed by atoms with E-state index in [4.69, 9.17) is 0 Å². The zero-order chi connectivity index (χ0) is 15.8. The highest BCUT2D eigenvalue weighted by atomic mass is 16.2. The van der Waals surface area contributed by atoms with Crippen molar-refractivity contribution in [2.45, 2.75) is 31.5 Å². The second-order valence-electron chi connectivity index (χ2n) is 6.33. The van der Waals surface area contributed by atoms with Gasteiger partial charge in [-0.1, -0.05) is 0 Å². The largest absolute Gasteiger partial charge is 0.334 e. The normalized spacial score (nSPS) is 24.1. The second-order valence-corrected chi connectivity index (χ2v) is 6.33. The molecule has 4 heterocycles. The second kappa shape index (κ2) is 5.73. The van der Waals surface area contributed by atoms with Crippen molar-refractivity contribution in [1.82, 2.24) is 29.8 Å². The smallest absolute Gasteiger partial charge is 0.255 e. The van der Waals surface area contributed by atoms with Gasteiger partial charge in [-0.3, -0.25) is 14.4 Å². The highest BCUT2D eigenvalue weighted by Gasteiger charge is 2.44. The lowest BCUT2D eigenvalue weighted by atomic mass is 10.1. The number of hydrogen-bond donors (Lipinski definition) is 0. The van der Waals surface area contributed by atoms with Gasteiger partial charge in [-0.15, -0.1) is 0 Å². The molecular formula is C16H20N6O. The van der Waals surface area contributed by atoms with Crippen LogP contribution in [0.1, 0.15) is 28.8 Å². The number of carbonyl (C=O) groups excluding carboxylic acids is 1. The van der Waals surface area contributed by atoms with Crippen LogP contribution in [0.4, 0.5) is 0 Å². The van der Waals surface area contributed by atoms with Crippen LogP contribution in [0.5, 0.6) is 0 Å². The van der Waals surface area contributed by atoms with Crippen molar-refractivity contribution in [2.24, 2.45) is 7.05 Å². The van der Waals surface area contributed by atoms with Crippen molar-refractivity contribution in [3.05, 3.63) is 42.0 Å². The monoisotopic (exact) mass is 312 g/mol. The molecule has 2 aliphatic rings. The molecule has 4 rings (SSSR count). The van der Waals surface area contributed by atoms with Gasteiger partial charge in [0.25, 0.3) is 5.91 Å². The molecular weight excluding hydrogens is 292 g/mol. The molecule has 0 spiro atoms. The summed E-state index contributed by atoms with van der Waals surface area (Å²) in [5.41, 5.74) is 1.86. The molecule has 0 N–H and O–H groups in total. The van der Waals surface area contributed by atoms with Gasteiger partial charge in [0.05, 0.1) is 24.2 Å². The fourth-order valence-electron chi connectivity index (χ4n) is 3.89. The van der Waals surface area contributed by atoms with Crippen molar-refractivity contribution in [3.8, 4) is 0 Å². The summed E-state index contributed by atoms with van der Waals surface area (Å²) in [4.78, 5) is 17.2. The number of likely N-dealkylation sites (tertiary alicyclic amines) is 2. The average molecular weight is 312 g/mol. The maximum absolute atomic E-state index is 12.7. The summed E-state index contributed by atoms with van der Waals surface area (Å²) in [5.74, 6) is 0.0793. The SMILES string of the molecule is Cn1cc(CN2CC[C@@H]3[C@@H]2CCN3C(=O)c2ccnnc2)cn1. The molecule has 2 aliphatic heterocycles.